The van der Waals surface area contributed by atoms with Crippen molar-refractivity contribution in [2.45, 2.75) is 52.0 Å². The largest absolute Gasteiger partial charge is 0.353 e. The van der Waals surface area contributed by atoms with E-state index in [1.54, 1.807) is 0 Å². The van der Waals surface area contributed by atoms with E-state index in [4.69, 9.17) is 0 Å². The lowest BCUT2D eigenvalue weighted by molar-refractivity contribution is -0.123. The Hall–Kier alpha value is -0.530. The Morgan fingerprint density at radius 3 is 2.31 bits per heavy atom. The predicted molar refractivity (Wildman–Crippen MR) is 52.3 cm³/mol. The van der Waals surface area contributed by atoms with Crippen molar-refractivity contribution >= 4 is 5.91 Å². The van der Waals surface area contributed by atoms with Crippen LogP contribution in [-0.4, -0.2) is 11.9 Å². The fourth-order valence-corrected chi connectivity index (χ4v) is 2.29. The molecule has 0 aromatic rings. The Kier molecular flexibility index (Phi) is 2.09. The van der Waals surface area contributed by atoms with Crippen LogP contribution < -0.4 is 5.32 Å². The number of carbonyl (C=O) groups is 1. The van der Waals surface area contributed by atoms with Crippen LogP contribution >= 0.6 is 0 Å². The summed E-state index contributed by atoms with van der Waals surface area (Å²) in [6.45, 7) is 4.35. The molecule has 0 aromatic carbocycles. The predicted octanol–water partition coefficient (Wildman–Crippen LogP) is 2.09. The summed E-state index contributed by atoms with van der Waals surface area (Å²) in [5, 5.41) is 3.16. The third-order valence-corrected chi connectivity index (χ3v) is 3.53. The van der Waals surface area contributed by atoms with Gasteiger partial charge in [0.15, 0.2) is 0 Å². The Morgan fingerprint density at radius 1 is 1.31 bits per heavy atom. The van der Waals surface area contributed by atoms with Gasteiger partial charge in [-0.05, 0) is 24.7 Å². The first-order valence-corrected chi connectivity index (χ1v) is 5.40. The molecule has 0 spiro atoms. The molecule has 2 nitrogen and oxygen atoms in total. The zero-order valence-electron chi connectivity index (χ0n) is 8.60. The maximum absolute atomic E-state index is 11.7. The van der Waals surface area contributed by atoms with Gasteiger partial charge in [0.05, 0.1) is 0 Å². The minimum absolute atomic E-state index is 0.280. The van der Waals surface area contributed by atoms with Crippen molar-refractivity contribution in [3.8, 4) is 0 Å². The van der Waals surface area contributed by atoms with Gasteiger partial charge in [-0.1, -0.05) is 26.7 Å². The molecule has 1 N–H and O–H groups in total. The monoisotopic (exact) mass is 181 g/mol. The first-order chi connectivity index (χ1) is 6.09. The second-order valence-electron chi connectivity index (χ2n) is 5.24. The molecule has 2 aliphatic carbocycles. The Labute approximate surface area is 80.1 Å². The van der Waals surface area contributed by atoms with Crippen LogP contribution in [0.25, 0.3) is 0 Å². The summed E-state index contributed by atoms with van der Waals surface area (Å²) in [5.41, 5.74) is 0.280. The summed E-state index contributed by atoms with van der Waals surface area (Å²) in [6, 6.07) is 0.490. The molecule has 0 heterocycles. The summed E-state index contributed by atoms with van der Waals surface area (Å²) in [4.78, 5) is 11.7. The first kappa shape index (κ1) is 9.04. The Balaban J connectivity index is 1.79. The fraction of sp³-hybridized carbons (Fsp3) is 0.909. The van der Waals surface area contributed by atoms with Crippen LogP contribution in [-0.2, 0) is 4.79 Å². The Bertz CT molecular complexity index is 216. The molecule has 1 amide bonds. The molecule has 74 valence electrons. The highest BCUT2D eigenvalue weighted by atomic mass is 16.2. The standard InChI is InChI=1S/C11H19NO/c1-11(2)7-9(11)10(13)12-8-5-3-4-6-8/h8-9H,3-7H2,1-2H3,(H,12,13). The molecule has 1 unspecified atom stereocenters. The highest BCUT2D eigenvalue weighted by Gasteiger charge is 2.50. The molecular formula is C11H19NO. The van der Waals surface area contributed by atoms with E-state index in [-0.39, 0.29) is 5.41 Å². The zero-order valence-corrected chi connectivity index (χ0v) is 8.60. The lowest BCUT2D eigenvalue weighted by Crippen LogP contribution is -2.34. The third-order valence-electron chi connectivity index (χ3n) is 3.53. The van der Waals surface area contributed by atoms with Gasteiger partial charge in [-0.25, -0.2) is 0 Å². The normalized spacial score (nSPS) is 31.7. The van der Waals surface area contributed by atoms with Gasteiger partial charge in [-0.3, -0.25) is 4.79 Å². The van der Waals surface area contributed by atoms with Crippen molar-refractivity contribution in [3.63, 3.8) is 0 Å². The number of amides is 1. The van der Waals surface area contributed by atoms with Crippen LogP contribution in [0.15, 0.2) is 0 Å². The van der Waals surface area contributed by atoms with E-state index in [2.05, 4.69) is 19.2 Å². The topological polar surface area (TPSA) is 29.1 Å². The molecule has 0 aromatic heterocycles. The molecule has 2 aliphatic rings. The third kappa shape index (κ3) is 1.87. The van der Waals surface area contributed by atoms with E-state index in [0.29, 0.717) is 17.9 Å². The van der Waals surface area contributed by atoms with Crippen LogP contribution in [0.3, 0.4) is 0 Å². The molecule has 0 saturated heterocycles. The average Bonchev–Trinajstić information content (AvgIpc) is 2.49. The lowest BCUT2D eigenvalue weighted by Gasteiger charge is -2.12. The van der Waals surface area contributed by atoms with Crippen LogP contribution in [0.1, 0.15) is 46.0 Å². The second-order valence-corrected chi connectivity index (χ2v) is 5.24. The van der Waals surface area contributed by atoms with Gasteiger partial charge in [0, 0.05) is 12.0 Å². The maximum Gasteiger partial charge on any atom is 0.223 e. The van der Waals surface area contributed by atoms with Crippen molar-refractivity contribution < 1.29 is 4.79 Å². The number of hydrogen-bond donors (Lipinski definition) is 1. The van der Waals surface area contributed by atoms with Crippen molar-refractivity contribution in [2.24, 2.45) is 11.3 Å². The van der Waals surface area contributed by atoms with E-state index in [1.807, 2.05) is 0 Å². The fourth-order valence-electron chi connectivity index (χ4n) is 2.29. The van der Waals surface area contributed by atoms with E-state index < -0.39 is 0 Å². The van der Waals surface area contributed by atoms with Crippen molar-refractivity contribution in [3.05, 3.63) is 0 Å². The minimum atomic E-state index is 0.280. The molecular weight excluding hydrogens is 162 g/mol. The van der Waals surface area contributed by atoms with Gasteiger partial charge in [-0.15, -0.1) is 0 Å². The van der Waals surface area contributed by atoms with Gasteiger partial charge in [-0.2, -0.15) is 0 Å². The summed E-state index contributed by atoms with van der Waals surface area (Å²) >= 11 is 0. The van der Waals surface area contributed by atoms with E-state index in [9.17, 15) is 4.79 Å². The quantitative estimate of drug-likeness (QED) is 0.694. The van der Waals surface area contributed by atoms with Crippen LogP contribution in [0, 0.1) is 11.3 Å². The van der Waals surface area contributed by atoms with Gasteiger partial charge in [0.1, 0.15) is 0 Å². The van der Waals surface area contributed by atoms with Gasteiger partial charge in [0.2, 0.25) is 5.91 Å². The second kappa shape index (κ2) is 3.00. The molecule has 2 rings (SSSR count). The summed E-state index contributed by atoms with van der Waals surface area (Å²) in [5.74, 6) is 0.602. The highest BCUT2D eigenvalue weighted by molar-refractivity contribution is 5.82. The molecule has 0 bridgehead atoms. The SMILES string of the molecule is CC1(C)CC1C(=O)NC1CCCC1. The highest BCUT2D eigenvalue weighted by Crippen LogP contribution is 2.51. The van der Waals surface area contributed by atoms with Crippen LogP contribution in [0.2, 0.25) is 0 Å². The summed E-state index contributed by atoms with van der Waals surface area (Å²) in [6.07, 6.45) is 6.04. The molecule has 1 atom stereocenters. The lowest BCUT2D eigenvalue weighted by atomic mass is 10.1. The van der Waals surface area contributed by atoms with Gasteiger partial charge < -0.3 is 5.32 Å². The average molecular weight is 181 g/mol. The first-order valence-electron chi connectivity index (χ1n) is 5.40. The summed E-state index contributed by atoms with van der Waals surface area (Å²) < 4.78 is 0. The molecule has 2 heteroatoms. The number of rotatable bonds is 2. The zero-order chi connectivity index (χ0) is 9.47. The summed E-state index contributed by atoms with van der Waals surface area (Å²) in [7, 11) is 0. The van der Waals surface area contributed by atoms with Crippen molar-refractivity contribution in [2.75, 3.05) is 0 Å². The smallest absolute Gasteiger partial charge is 0.223 e. The molecule has 2 saturated carbocycles. The number of carbonyl (C=O) groups excluding carboxylic acids is 1. The molecule has 2 fully saturated rings. The molecule has 0 aliphatic heterocycles. The molecule has 13 heavy (non-hydrogen) atoms. The van der Waals surface area contributed by atoms with Gasteiger partial charge >= 0.3 is 0 Å². The van der Waals surface area contributed by atoms with Crippen LogP contribution in [0.5, 0.6) is 0 Å². The van der Waals surface area contributed by atoms with E-state index in [0.717, 1.165) is 6.42 Å². The van der Waals surface area contributed by atoms with Crippen molar-refractivity contribution in [1.29, 1.82) is 0 Å². The van der Waals surface area contributed by atoms with E-state index >= 15 is 0 Å². The van der Waals surface area contributed by atoms with Crippen molar-refractivity contribution in [1.82, 2.24) is 5.32 Å². The number of hydrogen-bond acceptors (Lipinski definition) is 1. The van der Waals surface area contributed by atoms with E-state index in [1.165, 1.54) is 25.7 Å². The maximum atomic E-state index is 11.7. The minimum Gasteiger partial charge on any atom is -0.353 e. The molecule has 0 radical (unpaired) electrons. The van der Waals surface area contributed by atoms with Crippen LogP contribution in [0.4, 0.5) is 0 Å². The Morgan fingerprint density at radius 2 is 1.85 bits per heavy atom. The van der Waals surface area contributed by atoms with Gasteiger partial charge in [0.25, 0.3) is 0 Å². The number of nitrogens with one attached hydrogen (secondary N) is 1.